The second-order valence-corrected chi connectivity index (χ2v) is 8.02. The first-order valence-electron chi connectivity index (χ1n) is 9.40. The average molecular weight is 447 g/mol. The average Bonchev–Trinajstić information content (AvgIpc) is 3.11. The summed E-state index contributed by atoms with van der Waals surface area (Å²) >= 11 is 1.05. The second kappa shape index (κ2) is 8.09. The van der Waals surface area contributed by atoms with E-state index in [0.29, 0.717) is 15.7 Å². The Balaban J connectivity index is 2.08. The minimum atomic E-state index is -0.868. The molecule has 4 N–H and O–H groups in total. The zero-order valence-corrected chi connectivity index (χ0v) is 17.6. The summed E-state index contributed by atoms with van der Waals surface area (Å²) in [6, 6.07) is 14.3. The summed E-state index contributed by atoms with van der Waals surface area (Å²) in [5, 5.41) is 29.0. The maximum atomic E-state index is 13.2. The smallest absolute Gasteiger partial charge is 0.337 e. The van der Waals surface area contributed by atoms with Gasteiger partial charge in [0.25, 0.3) is 5.56 Å². The molecule has 0 fully saturated rings. The predicted molar refractivity (Wildman–Crippen MR) is 119 cm³/mol. The number of aromatic hydroxyl groups is 2. The summed E-state index contributed by atoms with van der Waals surface area (Å²) in [4.78, 5) is 26.0. The highest BCUT2D eigenvalue weighted by atomic mass is 32.1. The first-order chi connectivity index (χ1) is 15.3. The van der Waals surface area contributed by atoms with Gasteiger partial charge in [0.1, 0.15) is 22.0 Å². The SMILES string of the molecule is COC(=O)C1=c2sc(=Cc3ccc(O)cc3)c(=O)n2C(N)=C(C#N)[C@H]1c1ccc(O)cc1. The molecule has 0 aliphatic carbocycles. The summed E-state index contributed by atoms with van der Waals surface area (Å²) in [6.07, 6.45) is 1.61. The van der Waals surface area contributed by atoms with E-state index in [2.05, 4.69) is 0 Å². The lowest BCUT2D eigenvalue weighted by Gasteiger charge is -2.24. The molecule has 3 aromatic rings. The molecule has 32 heavy (non-hydrogen) atoms. The predicted octanol–water partition coefficient (Wildman–Crippen LogP) is 0.922. The first-order valence-corrected chi connectivity index (χ1v) is 10.2. The molecule has 0 saturated carbocycles. The molecule has 1 aromatic heterocycles. The minimum absolute atomic E-state index is 0.0263. The van der Waals surface area contributed by atoms with Crippen LogP contribution in [0.3, 0.4) is 0 Å². The van der Waals surface area contributed by atoms with Gasteiger partial charge < -0.3 is 20.7 Å². The van der Waals surface area contributed by atoms with E-state index in [9.17, 15) is 25.1 Å². The van der Waals surface area contributed by atoms with Crippen molar-refractivity contribution in [3.8, 4) is 17.6 Å². The van der Waals surface area contributed by atoms with Crippen LogP contribution in [0.2, 0.25) is 0 Å². The largest absolute Gasteiger partial charge is 0.508 e. The van der Waals surface area contributed by atoms with Crippen LogP contribution in [0.4, 0.5) is 0 Å². The lowest BCUT2D eigenvalue weighted by molar-refractivity contribution is -0.134. The Labute approximate surface area is 185 Å². The third kappa shape index (κ3) is 3.42. The number of ether oxygens (including phenoxy) is 1. The molecule has 0 radical (unpaired) electrons. The van der Waals surface area contributed by atoms with E-state index >= 15 is 0 Å². The fourth-order valence-corrected chi connectivity index (χ4v) is 4.74. The van der Waals surface area contributed by atoms with E-state index < -0.39 is 17.4 Å². The minimum Gasteiger partial charge on any atom is -0.508 e. The number of phenols is 2. The Morgan fingerprint density at radius 2 is 1.75 bits per heavy atom. The third-order valence-electron chi connectivity index (χ3n) is 5.09. The number of phenolic OH excluding ortho intramolecular Hbond substituents is 2. The number of methoxy groups -OCH3 is 1. The molecule has 9 heteroatoms. The molecule has 2 aromatic carbocycles. The highest BCUT2D eigenvalue weighted by Crippen LogP contribution is 2.37. The van der Waals surface area contributed by atoms with Gasteiger partial charge >= 0.3 is 5.97 Å². The lowest BCUT2D eigenvalue weighted by Crippen LogP contribution is -2.40. The van der Waals surface area contributed by atoms with Crippen LogP contribution in [-0.2, 0) is 9.53 Å². The number of carbonyl (C=O) groups is 1. The third-order valence-corrected chi connectivity index (χ3v) is 6.20. The number of fused-ring (bicyclic) bond motifs is 1. The molecule has 1 atom stereocenters. The van der Waals surface area contributed by atoms with Gasteiger partial charge in [0.15, 0.2) is 0 Å². The van der Waals surface area contributed by atoms with Crippen molar-refractivity contribution in [3.05, 3.63) is 84.8 Å². The number of allylic oxidation sites excluding steroid dienone is 1. The van der Waals surface area contributed by atoms with Crippen LogP contribution in [0.15, 0.2) is 58.9 Å². The Hall–Kier alpha value is -4.29. The van der Waals surface area contributed by atoms with Gasteiger partial charge in [0.05, 0.1) is 34.8 Å². The van der Waals surface area contributed by atoms with Gasteiger partial charge in [0.2, 0.25) is 0 Å². The molecule has 1 aliphatic rings. The zero-order valence-electron chi connectivity index (χ0n) is 16.8. The summed E-state index contributed by atoms with van der Waals surface area (Å²) in [6.45, 7) is 0. The zero-order chi connectivity index (χ0) is 23.0. The first kappa shape index (κ1) is 21.0. The molecule has 0 amide bonds. The van der Waals surface area contributed by atoms with Gasteiger partial charge in [-0.1, -0.05) is 24.3 Å². The maximum absolute atomic E-state index is 13.2. The monoisotopic (exact) mass is 447 g/mol. The van der Waals surface area contributed by atoms with Crippen molar-refractivity contribution in [1.82, 2.24) is 4.57 Å². The normalized spacial score (nSPS) is 15.9. The molecule has 2 heterocycles. The quantitative estimate of drug-likeness (QED) is 0.508. The Morgan fingerprint density at radius 3 is 2.31 bits per heavy atom. The molecule has 160 valence electrons. The van der Waals surface area contributed by atoms with Crippen LogP contribution in [-0.4, -0.2) is 27.9 Å². The van der Waals surface area contributed by atoms with Crippen LogP contribution in [0.5, 0.6) is 11.5 Å². The van der Waals surface area contributed by atoms with E-state index in [0.717, 1.165) is 15.9 Å². The summed E-state index contributed by atoms with van der Waals surface area (Å²) in [7, 11) is 1.22. The molecular weight excluding hydrogens is 430 g/mol. The number of nitrogens with two attached hydrogens (primary N) is 1. The van der Waals surface area contributed by atoms with Crippen LogP contribution in [0.25, 0.3) is 17.5 Å². The molecule has 0 bridgehead atoms. The van der Waals surface area contributed by atoms with Gasteiger partial charge in [-0.2, -0.15) is 5.26 Å². The topological polar surface area (TPSA) is 139 Å². The molecule has 1 aliphatic heterocycles. The number of aromatic nitrogens is 1. The van der Waals surface area contributed by atoms with Gasteiger partial charge in [-0.05, 0) is 41.5 Å². The number of carbonyl (C=O) groups excluding carboxylic acids is 1. The fraction of sp³-hybridized carbons (Fsp3) is 0.0870. The van der Waals surface area contributed by atoms with Crippen molar-refractivity contribution in [2.75, 3.05) is 7.11 Å². The highest BCUT2D eigenvalue weighted by Gasteiger charge is 2.36. The van der Waals surface area contributed by atoms with Crippen LogP contribution in [0.1, 0.15) is 17.0 Å². The van der Waals surface area contributed by atoms with E-state index in [1.54, 1.807) is 30.3 Å². The van der Waals surface area contributed by atoms with Crippen LogP contribution < -0.4 is 20.5 Å². The molecule has 0 saturated heterocycles. The van der Waals surface area contributed by atoms with Gasteiger partial charge in [0, 0.05) is 0 Å². The van der Waals surface area contributed by atoms with E-state index in [1.807, 2.05) is 6.07 Å². The number of hydrogen-bond acceptors (Lipinski definition) is 8. The van der Waals surface area contributed by atoms with Gasteiger partial charge in [-0.15, -0.1) is 11.3 Å². The number of rotatable bonds is 3. The summed E-state index contributed by atoms with van der Waals surface area (Å²) < 4.78 is 6.69. The van der Waals surface area contributed by atoms with Crippen molar-refractivity contribution in [2.45, 2.75) is 5.92 Å². The van der Waals surface area contributed by atoms with Crippen molar-refractivity contribution in [2.24, 2.45) is 5.73 Å². The Kier molecular flexibility index (Phi) is 5.30. The van der Waals surface area contributed by atoms with E-state index in [-0.39, 0.29) is 33.1 Å². The number of thiazole rings is 1. The molecule has 0 unspecified atom stereocenters. The highest BCUT2D eigenvalue weighted by molar-refractivity contribution is 7.07. The summed E-state index contributed by atoms with van der Waals surface area (Å²) in [5.41, 5.74) is 7.12. The summed E-state index contributed by atoms with van der Waals surface area (Å²) in [5.74, 6) is -1.52. The Morgan fingerprint density at radius 1 is 1.16 bits per heavy atom. The second-order valence-electron chi connectivity index (χ2n) is 6.99. The van der Waals surface area contributed by atoms with Crippen LogP contribution in [0, 0.1) is 11.3 Å². The maximum Gasteiger partial charge on any atom is 0.337 e. The number of benzene rings is 2. The molecule has 4 rings (SSSR count). The lowest BCUT2D eigenvalue weighted by atomic mass is 9.84. The number of nitrogens with zero attached hydrogens (tertiary/aromatic N) is 2. The van der Waals surface area contributed by atoms with Crippen molar-refractivity contribution < 1.29 is 19.7 Å². The number of esters is 1. The fourth-order valence-electron chi connectivity index (χ4n) is 3.58. The van der Waals surface area contributed by atoms with E-state index in [4.69, 9.17) is 10.5 Å². The van der Waals surface area contributed by atoms with E-state index in [1.165, 1.54) is 31.4 Å². The molecule has 0 spiro atoms. The number of nitriles is 1. The van der Waals surface area contributed by atoms with Crippen molar-refractivity contribution in [3.63, 3.8) is 0 Å². The molecule has 8 nitrogen and oxygen atoms in total. The number of hydrogen-bond donors (Lipinski definition) is 3. The van der Waals surface area contributed by atoms with Crippen LogP contribution >= 0.6 is 11.3 Å². The van der Waals surface area contributed by atoms with Crippen molar-refractivity contribution in [1.29, 1.82) is 5.26 Å². The standard InChI is InChI=1S/C23H17N3O5S/c1-31-23(30)19-18(13-4-8-15(28)9-5-13)16(11-24)20(25)26-21(29)17(32-22(19)26)10-12-2-6-14(27)7-3-12/h2-10,18,27-28H,25H2,1H3/t18-/m1/s1. The Bertz CT molecular complexity index is 1470. The van der Waals surface area contributed by atoms with Gasteiger partial charge in [-0.3, -0.25) is 9.36 Å². The van der Waals surface area contributed by atoms with Gasteiger partial charge in [-0.25, -0.2) is 4.79 Å². The van der Waals surface area contributed by atoms with Crippen molar-refractivity contribution >= 4 is 34.8 Å². The molecular formula is C23H17N3O5S.